The summed E-state index contributed by atoms with van der Waals surface area (Å²) in [4.78, 5) is 7.50. The Hall–Kier alpha value is -0.790. The minimum absolute atomic E-state index is 0.157. The van der Waals surface area contributed by atoms with Gasteiger partial charge in [-0.3, -0.25) is 0 Å². The largest absolute Gasteiger partial charge is 0.368 e. The van der Waals surface area contributed by atoms with Crippen molar-refractivity contribution in [2.45, 2.75) is 0 Å². The minimum atomic E-state index is 0.157. The van der Waals surface area contributed by atoms with Gasteiger partial charge in [0, 0.05) is 6.20 Å². The number of hydrogen-bond acceptors (Lipinski definition) is 3. The molecule has 0 bridgehead atoms. The summed E-state index contributed by atoms with van der Waals surface area (Å²) < 4.78 is 0. The summed E-state index contributed by atoms with van der Waals surface area (Å²) in [6.07, 6.45) is 1.50. The van der Waals surface area contributed by atoms with Crippen LogP contribution in [0.4, 0.5) is 5.95 Å². The van der Waals surface area contributed by atoms with Crippen molar-refractivity contribution in [2.24, 2.45) is 0 Å². The first-order chi connectivity index (χ1) is 5.74. The first-order valence-corrected chi connectivity index (χ1v) is 4.57. The average molecular weight is 246 g/mol. The lowest BCUT2D eigenvalue weighted by molar-refractivity contribution is 1.17. The monoisotopic (exact) mass is 245 g/mol. The molecule has 0 radical (unpaired) electrons. The third-order valence-corrected chi connectivity index (χ3v) is 1.62. The van der Waals surface area contributed by atoms with Crippen molar-refractivity contribution in [3.8, 4) is 11.8 Å². The highest BCUT2D eigenvalue weighted by molar-refractivity contribution is 9.09. The number of rotatable bonds is 0. The summed E-state index contributed by atoms with van der Waals surface area (Å²) in [5.74, 6) is 5.72. The normalized spacial score (nSPS) is 8.83. The van der Waals surface area contributed by atoms with Gasteiger partial charge in [-0.05, 0) is 0 Å². The van der Waals surface area contributed by atoms with Crippen molar-refractivity contribution in [1.29, 1.82) is 0 Å². The van der Waals surface area contributed by atoms with Gasteiger partial charge in [-0.1, -0.05) is 39.4 Å². The lowest BCUT2D eigenvalue weighted by Gasteiger charge is -1.94. The molecule has 0 aromatic carbocycles. The van der Waals surface area contributed by atoms with Gasteiger partial charge in [-0.2, -0.15) is 4.98 Å². The van der Waals surface area contributed by atoms with Crippen LogP contribution in [0.1, 0.15) is 5.56 Å². The summed E-state index contributed by atoms with van der Waals surface area (Å²) in [6, 6.07) is 0. The van der Waals surface area contributed by atoms with Crippen LogP contribution in [-0.2, 0) is 0 Å². The van der Waals surface area contributed by atoms with E-state index in [0.29, 0.717) is 10.9 Å². The molecule has 62 valence electrons. The molecule has 0 saturated heterocycles. The Balaban J connectivity index is 3.01. The van der Waals surface area contributed by atoms with E-state index >= 15 is 0 Å². The van der Waals surface area contributed by atoms with Crippen LogP contribution in [0.2, 0.25) is 5.15 Å². The van der Waals surface area contributed by atoms with Gasteiger partial charge >= 0.3 is 0 Å². The van der Waals surface area contributed by atoms with E-state index in [4.69, 9.17) is 17.3 Å². The molecule has 2 N–H and O–H groups in total. The van der Waals surface area contributed by atoms with Crippen LogP contribution in [0.5, 0.6) is 0 Å². The first kappa shape index (κ1) is 9.30. The van der Waals surface area contributed by atoms with Gasteiger partial charge in [0.15, 0.2) is 0 Å². The van der Waals surface area contributed by atoms with E-state index in [1.165, 1.54) is 6.20 Å². The van der Waals surface area contributed by atoms with Crippen molar-refractivity contribution in [2.75, 3.05) is 11.1 Å². The van der Waals surface area contributed by atoms with E-state index in [-0.39, 0.29) is 11.1 Å². The zero-order valence-electron chi connectivity index (χ0n) is 6.01. The number of nitrogen functional groups attached to an aromatic ring is 1. The first-order valence-electron chi connectivity index (χ1n) is 3.07. The fourth-order valence-corrected chi connectivity index (χ4v) is 0.909. The summed E-state index contributed by atoms with van der Waals surface area (Å²) in [5, 5.41) is 0.879. The molecule has 0 aliphatic heterocycles. The molecule has 0 spiro atoms. The molecule has 1 rings (SSSR count). The van der Waals surface area contributed by atoms with Crippen molar-refractivity contribution >= 4 is 33.5 Å². The van der Waals surface area contributed by atoms with Crippen LogP contribution < -0.4 is 5.73 Å². The molecule has 1 aromatic heterocycles. The Morgan fingerprint density at radius 3 is 3.00 bits per heavy atom. The molecule has 0 aliphatic rings. The maximum absolute atomic E-state index is 5.72. The molecule has 0 amide bonds. The minimum Gasteiger partial charge on any atom is -0.368 e. The quantitative estimate of drug-likeness (QED) is 0.428. The third kappa shape index (κ3) is 2.36. The zero-order valence-corrected chi connectivity index (χ0v) is 8.35. The predicted octanol–water partition coefficient (Wildman–Crippen LogP) is 1.46. The summed E-state index contributed by atoms with van der Waals surface area (Å²) in [5.41, 5.74) is 5.88. The number of halogens is 2. The van der Waals surface area contributed by atoms with Crippen molar-refractivity contribution in [1.82, 2.24) is 9.97 Å². The van der Waals surface area contributed by atoms with Crippen molar-refractivity contribution in [3.05, 3.63) is 16.9 Å². The maximum atomic E-state index is 5.72. The van der Waals surface area contributed by atoms with Crippen molar-refractivity contribution in [3.63, 3.8) is 0 Å². The van der Waals surface area contributed by atoms with Crippen molar-refractivity contribution < 1.29 is 0 Å². The van der Waals surface area contributed by atoms with Gasteiger partial charge in [0.25, 0.3) is 0 Å². The zero-order chi connectivity index (χ0) is 8.97. The lowest BCUT2D eigenvalue weighted by atomic mass is 10.3. The fourth-order valence-electron chi connectivity index (χ4n) is 0.586. The highest BCUT2D eigenvalue weighted by Crippen LogP contribution is 2.10. The topological polar surface area (TPSA) is 51.8 Å². The molecule has 3 nitrogen and oxygen atoms in total. The van der Waals surface area contributed by atoms with Gasteiger partial charge < -0.3 is 5.73 Å². The van der Waals surface area contributed by atoms with Gasteiger partial charge in [0.1, 0.15) is 5.15 Å². The Morgan fingerprint density at radius 1 is 1.67 bits per heavy atom. The highest BCUT2D eigenvalue weighted by atomic mass is 79.9. The molecule has 12 heavy (non-hydrogen) atoms. The number of nitrogens with two attached hydrogens (primary N) is 1. The summed E-state index contributed by atoms with van der Waals surface area (Å²) in [7, 11) is 0. The lowest BCUT2D eigenvalue weighted by Crippen LogP contribution is -1.95. The van der Waals surface area contributed by atoms with Crippen LogP contribution in [-0.4, -0.2) is 15.3 Å². The van der Waals surface area contributed by atoms with E-state index in [1.807, 2.05) is 0 Å². The number of nitrogens with zero attached hydrogens (tertiary/aromatic N) is 2. The van der Waals surface area contributed by atoms with Crippen LogP contribution >= 0.6 is 27.5 Å². The molecule has 1 heterocycles. The molecule has 0 aliphatic carbocycles. The molecule has 1 aromatic rings. The molecule has 0 fully saturated rings. The molecular formula is C7H5BrClN3. The molecule has 0 atom stereocenters. The van der Waals surface area contributed by atoms with E-state index in [0.717, 1.165) is 0 Å². The average Bonchev–Trinajstić information content (AvgIpc) is 2.03. The van der Waals surface area contributed by atoms with E-state index < -0.39 is 0 Å². The Bertz CT molecular complexity index is 342. The van der Waals surface area contributed by atoms with Crippen LogP contribution in [0.15, 0.2) is 6.20 Å². The molecule has 5 heteroatoms. The standard InChI is InChI=1S/C7H5BrClN3/c8-3-1-2-5-4-11-7(10)12-6(5)9/h4H,3H2,(H2,10,11,12). The maximum Gasteiger partial charge on any atom is 0.221 e. The second kappa shape index (κ2) is 4.29. The second-order valence-electron chi connectivity index (χ2n) is 1.87. The molecule has 0 saturated carbocycles. The Labute approximate surface area is 83.5 Å². The second-order valence-corrected chi connectivity index (χ2v) is 2.79. The third-order valence-electron chi connectivity index (χ3n) is 1.05. The number of aromatic nitrogens is 2. The summed E-state index contributed by atoms with van der Waals surface area (Å²) >= 11 is 8.88. The Morgan fingerprint density at radius 2 is 2.42 bits per heavy atom. The van der Waals surface area contributed by atoms with E-state index in [2.05, 4.69) is 37.7 Å². The van der Waals surface area contributed by atoms with E-state index in [1.54, 1.807) is 0 Å². The predicted molar refractivity (Wildman–Crippen MR) is 52.1 cm³/mol. The number of anilines is 1. The van der Waals surface area contributed by atoms with Crippen LogP contribution in [0, 0.1) is 11.8 Å². The fraction of sp³-hybridized carbons (Fsp3) is 0.143. The van der Waals surface area contributed by atoms with Crippen LogP contribution in [0.25, 0.3) is 0 Å². The SMILES string of the molecule is Nc1ncc(C#CCBr)c(Cl)n1. The molecular weight excluding hydrogens is 241 g/mol. The number of hydrogen-bond donors (Lipinski definition) is 1. The molecule has 0 unspecified atom stereocenters. The van der Waals surface area contributed by atoms with E-state index in [9.17, 15) is 0 Å². The summed E-state index contributed by atoms with van der Waals surface area (Å²) in [6.45, 7) is 0. The number of alkyl halides is 1. The Kier molecular flexibility index (Phi) is 3.32. The van der Waals surface area contributed by atoms with Gasteiger partial charge in [0.05, 0.1) is 10.9 Å². The van der Waals surface area contributed by atoms with Gasteiger partial charge in [-0.15, -0.1) is 0 Å². The smallest absolute Gasteiger partial charge is 0.221 e. The van der Waals surface area contributed by atoms with Gasteiger partial charge in [-0.25, -0.2) is 4.98 Å². The van der Waals surface area contributed by atoms with Gasteiger partial charge in [0.2, 0.25) is 5.95 Å². The van der Waals surface area contributed by atoms with Crippen LogP contribution in [0.3, 0.4) is 0 Å². The highest BCUT2D eigenvalue weighted by Gasteiger charge is 1.98.